The van der Waals surface area contributed by atoms with Crippen LogP contribution in [-0.4, -0.2) is 6.30 Å². The Labute approximate surface area is 235 Å². The second kappa shape index (κ2) is 8.27. The van der Waals surface area contributed by atoms with E-state index >= 15 is 0 Å². The van der Waals surface area contributed by atoms with Crippen molar-refractivity contribution in [3.8, 4) is 0 Å². The van der Waals surface area contributed by atoms with E-state index in [-0.39, 0.29) is 0 Å². The normalized spacial score (nSPS) is 12.5. The van der Waals surface area contributed by atoms with Gasteiger partial charge in [0.2, 0.25) is 0 Å². The predicted molar refractivity (Wildman–Crippen MR) is 174 cm³/mol. The monoisotopic (exact) mass is 546 g/mol. The fourth-order valence-corrected chi connectivity index (χ4v) is 9.23. The van der Waals surface area contributed by atoms with E-state index in [4.69, 9.17) is 19.6 Å². The molecular weight excluding hydrogens is 523 g/mol. The minimum Gasteiger partial charge on any atom is -0.456 e. The van der Waals surface area contributed by atoms with Gasteiger partial charge in [-0.15, -0.1) is 0 Å². The van der Waals surface area contributed by atoms with Gasteiger partial charge in [-0.2, -0.15) is 0 Å². The largest absolute Gasteiger partial charge is 0.456 e. The van der Waals surface area contributed by atoms with Crippen molar-refractivity contribution in [1.82, 2.24) is 0 Å². The molecule has 0 aliphatic rings. The van der Waals surface area contributed by atoms with Crippen LogP contribution in [-0.2, 0) is 0 Å². The first kappa shape index (κ1) is 22.8. The van der Waals surface area contributed by atoms with Gasteiger partial charge in [0.15, 0.2) is 0 Å². The summed E-state index contributed by atoms with van der Waals surface area (Å²) in [6, 6.07) is 44.4. The summed E-state index contributed by atoms with van der Waals surface area (Å²) in [7, 11) is 0. The highest BCUT2D eigenvalue weighted by Gasteiger charge is 2.26. The van der Waals surface area contributed by atoms with E-state index in [1.54, 1.807) is 0 Å². The topological polar surface area (TPSA) is 39.4 Å². The molecule has 0 spiro atoms. The van der Waals surface area contributed by atoms with Gasteiger partial charge in [0.25, 0.3) is 0 Å². The van der Waals surface area contributed by atoms with Gasteiger partial charge in [-0.1, -0.05) is 79.1 Å². The molecule has 9 rings (SSSR count). The first-order chi connectivity index (χ1) is 20.2. The van der Waals surface area contributed by atoms with E-state index in [2.05, 4.69) is 91.0 Å². The number of furan rings is 3. The zero-order valence-corrected chi connectivity index (χ0v) is 22.9. The molecule has 0 saturated heterocycles. The highest BCUT2D eigenvalue weighted by Crippen LogP contribution is 2.45. The number of hydrogen-bond acceptors (Lipinski definition) is 3. The second-order valence-electron chi connectivity index (χ2n) is 10.6. The second-order valence-corrected chi connectivity index (χ2v) is 13.8. The van der Waals surface area contributed by atoms with Crippen LogP contribution in [0.3, 0.4) is 0 Å². The van der Waals surface area contributed by atoms with Gasteiger partial charge >= 0.3 is 0 Å². The summed E-state index contributed by atoms with van der Waals surface area (Å²) in [5.41, 5.74) is 5.33. The summed E-state index contributed by atoms with van der Waals surface area (Å²) < 4.78 is 18.6. The molecule has 3 aromatic heterocycles. The first-order valence-corrected chi connectivity index (χ1v) is 15.6. The Kier molecular flexibility index (Phi) is 4.60. The van der Waals surface area contributed by atoms with E-state index in [1.165, 1.54) is 15.9 Å². The van der Waals surface area contributed by atoms with E-state index in [0.29, 0.717) is 0 Å². The molecular formula is C37H23O3P. The highest BCUT2D eigenvalue weighted by atomic mass is 31.2. The molecule has 0 amide bonds. The molecule has 0 unspecified atom stereocenters. The number of para-hydroxylation sites is 3. The molecule has 0 radical (unpaired) electrons. The van der Waals surface area contributed by atoms with Crippen molar-refractivity contribution < 1.29 is 13.3 Å². The van der Waals surface area contributed by atoms with Gasteiger partial charge in [-0.05, 0) is 77.4 Å². The SMILES string of the molecule is C=P(c1ccc2oc3ccccc3c2c1)(c1ccc2oc3ccccc3c2c1)c1ccc2oc3ccccc3c2c1. The van der Waals surface area contributed by atoms with Crippen LogP contribution >= 0.6 is 6.89 Å². The summed E-state index contributed by atoms with van der Waals surface area (Å²) in [6.45, 7) is -2.38. The molecule has 3 nitrogen and oxygen atoms in total. The van der Waals surface area contributed by atoms with Crippen LogP contribution in [0.2, 0.25) is 0 Å². The summed E-state index contributed by atoms with van der Waals surface area (Å²) in [5.74, 6) is 0. The predicted octanol–water partition coefficient (Wildman–Crippen LogP) is 9.11. The molecule has 4 heteroatoms. The fraction of sp³-hybridized carbons (Fsp3) is 0. The summed E-state index contributed by atoms with van der Waals surface area (Å²) >= 11 is 0. The number of rotatable bonds is 3. The van der Waals surface area contributed by atoms with Gasteiger partial charge in [0.05, 0.1) is 0 Å². The van der Waals surface area contributed by atoms with Crippen molar-refractivity contribution in [2.75, 3.05) is 0 Å². The Morgan fingerprint density at radius 3 is 0.976 bits per heavy atom. The van der Waals surface area contributed by atoms with Gasteiger partial charge in [-0.25, -0.2) is 0 Å². The smallest absolute Gasteiger partial charge is 0.135 e. The minimum absolute atomic E-state index is 0.883. The van der Waals surface area contributed by atoms with Crippen LogP contribution in [0, 0.1) is 0 Å². The first-order valence-electron chi connectivity index (χ1n) is 13.7. The number of hydrogen-bond donors (Lipinski definition) is 0. The molecule has 0 bridgehead atoms. The fourth-order valence-electron chi connectivity index (χ4n) is 6.30. The van der Waals surface area contributed by atoms with Crippen LogP contribution in [0.15, 0.2) is 141 Å². The molecule has 6 aromatic carbocycles. The quantitative estimate of drug-likeness (QED) is 0.208. The van der Waals surface area contributed by atoms with Crippen molar-refractivity contribution in [2.24, 2.45) is 0 Å². The van der Waals surface area contributed by atoms with Crippen molar-refractivity contribution in [3.05, 3.63) is 127 Å². The lowest BCUT2D eigenvalue weighted by Crippen LogP contribution is -2.25. The molecule has 3 heterocycles. The Morgan fingerprint density at radius 1 is 0.341 bits per heavy atom. The van der Waals surface area contributed by atoms with Crippen molar-refractivity contribution in [2.45, 2.75) is 0 Å². The Bertz CT molecular complexity index is 2240. The number of benzene rings is 6. The molecule has 9 aromatic rings. The van der Waals surface area contributed by atoms with Crippen LogP contribution in [0.25, 0.3) is 65.8 Å². The maximum Gasteiger partial charge on any atom is 0.135 e. The van der Waals surface area contributed by atoms with Crippen LogP contribution < -0.4 is 15.9 Å². The van der Waals surface area contributed by atoms with Crippen LogP contribution in [0.5, 0.6) is 0 Å². The minimum atomic E-state index is -2.38. The lowest BCUT2D eigenvalue weighted by Gasteiger charge is -2.27. The van der Waals surface area contributed by atoms with Gasteiger partial charge in [0, 0.05) is 32.3 Å². The van der Waals surface area contributed by atoms with Crippen LogP contribution in [0.1, 0.15) is 0 Å². The maximum absolute atomic E-state index is 6.19. The van der Waals surface area contributed by atoms with E-state index in [1.807, 2.05) is 36.4 Å². The zero-order chi connectivity index (χ0) is 27.1. The molecule has 194 valence electrons. The molecule has 0 fully saturated rings. The third-order valence-corrected chi connectivity index (χ3v) is 11.9. The van der Waals surface area contributed by atoms with E-state index < -0.39 is 6.89 Å². The highest BCUT2D eigenvalue weighted by molar-refractivity contribution is 7.93. The van der Waals surface area contributed by atoms with E-state index in [9.17, 15) is 0 Å². The van der Waals surface area contributed by atoms with Crippen molar-refractivity contribution >= 4 is 94.9 Å². The Balaban J connectivity index is 1.36. The molecule has 0 N–H and O–H groups in total. The molecule has 0 atom stereocenters. The molecule has 0 aliphatic carbocycles. The third kappa shape index (κ3) is 3.21. The molecule has 41 heavy (non-hydrogen) atoms. The lowest BCUT2D eigenvalue weighted by molar-refractivity contribution is 0.668. The Hall–Kier alpha value is -4.98. The van der Waals surface area contributed by atoms with Gasteiger partial charge < -0.3 is 13.3 Å². The van der Waals surface area contributed by atoms with Crippen LogP contribution in [0.4, 0.5) is 0 Å². The molecule has 0 aliphatic heterocycles. The van der Waals surface area contributed by atoms with Gasteiger partial charge in [0.1, 0.15) is 33.5 Å². The lowest BCUT2D eigenvalue weighted by atomic mass is 10.1. The molecule has 0 saturated carbocycles. The Morgan fingerprint density at radius 2 is 0.634 bits per heavy atom. The standard InChI is InChI=1S/C37H23O3P/c1-41(23-14-17-35-29(20-23)26-8-2-5-11-32(26)38-35,24-15-18-36-30(21-24)27-9-3-6-12-33(27)39-36)25-16-19-37-31(22-25)28-10-4-7-13-34(28)40-37/h2-22H,1H2. The van der Waals surface area contributed by atoms with Crippen molar-refractivity contribution in [3.63, 3.8) is 0 Å². The third-order valence-electron chi connectivity index (χ3n) is 8.40. The summed E-state index contributed by atoms with van der Waals surface area (Å²) in [6.07, 6.45) is 5.11. The summed E-state index contributed by atoms with van der Waals surface area (Å²) in [5, 5.41) is 10.2. The number of fused-ring (bicyclic) bond motifs is 9. The zero-order valence-electron chi connectivity index (χ0n) is 22.0. The van der Waals surface area contributed by atoms with E-state index in [0.717, 1.165) is 65.8 Å². The maximum atomic E-state index is 6.19. The average molecular weight is 547 g/mol. The summed E-state index contributed by atoms with van der Waals surface area (Å²) in [4.78, 5) is 0. The average Bonchev–Trinajstić information content (AvgIpc) is 3.70. The van der Waals surface area contributed by atoms with Crippen molar-refractivity contribution in [1.29, 1.82) is 0 Å². The van der Waals surface area contributed by atoms with Gasteiger partial charge in [-0.3, -0.25) is 0 Å².